The molecule has 40 heavy (non-hydrogen) atoms. The number of halogens is 1. The summed E-state index contributed by atoms with van der Waals surface area (Å²) in [4.78, 5) is 14.9. The average molecular weight is 574 g/mol. The smallest absolute Gasteiger partial charge is 0.235 e. The standard InChI is InChI=1S/C32H36ClN5OS/c1-23-9-7-10-24(2)30(23)28-18-29(33)35-31(34-28)36-40-27-14-8-13-26(17-27)20-38-16-15-37(21-32(3,39)22-38)19-25-11-5-4-6-12-25/h4-14,17-18,39H,15-16,19-22H2,1-3H3,(H,34,35,36). The molecule has 1 aliphatic rings. The van der Waals surface area contributed by atoms with Crippen molar-refractivity contribution in [1.29, 1.82) is 0 Å². The number of aryl methyl sites for hydroxylation is 2. The summed E-state index contributed by atoms with van der Waals surface area (Å²) in [5.41, 5.74) is 5.88. The molecule has 3 aromatic carbocycles. The van der Waals surface area contributed by atoms with Crippen molar-refractivity contribution in [3.63, 3.8) is 0 Å². The van der Waals surface area contributed by atoms with E-state index in [4.69, 9.17) is 16.6 Å². The number of aliphatic hydroxyl groups is 1. The van der Waals surface area contributed by atoms with Crippen molar-refractivity contribution in [3.05, 3.63) is 106 Å². The van der Waals surface area contributed by atoms with Crippen molar-refractivity contribution < 1.29 is 5.11 Å². The van der Waals surface area contributed by atoms with Crippen LogP contribution in [0.25, 0.3) is 11.3 Å². The molecular formula is C32H36ClN5OS. The molecule has 0 saturated carbocycles. The second-order valence-corrected chi connectivity index (χ2v) is 12.2. The van der Waals surface area contributed by atoms with E-state index in [0.29, 0.717) is 24.2 Å². The minimum atomic E-state index is -0.781. The number of benzene rings is 3. The Hall–Kier alpha value is -2.94. The summed E-state index contributed by atoms with van der Waals surface area (Å²) in [5, 5.41) is 11.6. The minimum absolute atomic E-state index is 0.402. The lowest BCUT2D eigenvalue weighted by Crippen LogP contribution is -2.44. The third kappa shape index (κ3) is 7.62. The van der Waals surface area contributed by atoms with E-state index in [1.54, 1.807) is 0 Å². The molecule has 1 aromatic heterocycles. The Balaban J connectivity index is 1.23. The Morgan fingerprint density at radius 1 is 0.850 bits per heavy atom. The third-order valence-corrected chi connectivity index (χ3v) is 8.07. The molecule has 1 atom stereocenters. The van der Waals surface area contributed by atoms with Crippen LogP contribution in [-0.4, -0.2) is 56.7 Å². The molecule has 2 heterocycles. The fraction of sp³-hybridized carbons (Fsp3) is 0.312. The summed E-state index contributed by atoms with van der Waals surface area (Å²) < 4.78 is 3.28. The number of rotatable bonds is 8. The zero-order chi connectivity index (χ0) is 28.1. The number of hydrogen-bond donors (Lipinski definition) is 2. The number of nitrogens with one attached hydrogen (secondary N) is 1. The first-order chi connectivity index (χ1) is 19.2. The molecule has 6 nitrogen and oxygen atoms in total. The van der Waals surface area contributed by atoms with Gasteiger partial charge in [-0.2, -0.15) is 0 Å². The topological polar surface area (TPSA) is 64.5 Å². The van der Waals surface area contributed by atoms with Crippen LogP contribution in [0.4, 0.5) is 5.95 Å². The maximum Gasteiger partial charge on any atom is 0.235 e. The number of aromatic nitrogens is 2. The van der Waals surface area contributed by atoms with Crippen LogP contribution < -0.4 is 4.72 Å². The van der Waals surface area contributed by atoms with E-state index >= 15 is 0 Å². The largest absolute Gasteiger partial charge is 0.388 e. The first kappa shape index (κ1) is 28.6. The highest BCUT2D eigenvalue weighted by Crippen LogP contribution is 2.29. The molecule has 4 aromatic rings. The van der Waals surface area contributed by atoms with E-state index in [1.165, 1.54) is 23.1 Å². The quantitative estimate of drug-likeness (QED) is 0.182. The lowest BCUT2D eigenvalue weighted by Gasteiger charge is -2.29. The monoisotopic (exact) mass is 573 g/mol. The second-order valence-electron chi connectivity index (χ2n) is 10.9. The molecule has 1 unspecified atom stereocenters. The zero-order valence-corrected chi connectivity index (χ0v) is 24.8. The number of hydrogen-bond acceptors (Lipinski definition) is 7. The third-order valence-electron chi connectivity index (χ3n) is 7.11. The molecule has 1 saturated heterocycles. The van der Waals surface area contributed by atoms with E-state index in [2.05, 4.69) is 94.0 Å². The van der Waals surface area contributed by atoms with Crippen LogP contribution in [0.2, 0.25) is 5.15 Å². The van der Waals surface area contributed by atoms with Gasteiger partial charge in [-0.1, -0.05) is 72.3 Å². The molecule has 2 N–H and O–H groups in total. The normalized spacial score (nSPS) is 18.4. The highest BCUT2D eigenvalue weighted by molar-refractivity contribution is 8.00. The van der Waals surface area contributed by atoms with Crippen LogP contribution in [0.3, 0.4) is 0 Å². The lowest BCUT2D eigenvalue weighted by molar-refractivity contribution is 0.0111. The van der Waals surface area contributed by atoms with Crippen LogP contribution in [-0.2, 0) is 13.1 Å². The number of nitrogens with zero attached hydrogens (tertiary/aromatic N) is 4. The van der Waals surface area contributed by atoms with Gasteiger partial charge in [0.05, 0.1) is 11.3 Å². The van der Waals surface area contributed by atoms with Gasteiger partial charge >= 0.3 is 0 Å². The molecule has 8 heteroatoms. The Kier molecular flexibility index (Phi) is 9.08. The van der Waals surface area contributed by atoms with Crippen molar-refractivity contribution in [2.24, 2.45) is 0 Å². The van der Waals surface area contributed by atoms with Gasteiger partial charge in [0.2, 0.25) is 5.95 Å². The van der Waals surface area contributed by atoms with Gasteiger partial charge in [0, 0.05) is 55.8 Å². The van der Waals surface area contributed by atoms with Crippen molar-refractivity contribution in [3.8, 4) is 11.3 Å². The molecule has 0 spiro atoms. The maximum absolute atomic E-state index is 11.2. The van der Waals surface area contributed by atoms with Crippen molar-refractivity contribution in [2.75, 3.05) is 30.9 Å². The van der Waals surface area contributed by atoms with Gasteiger partial charge in [-0.15, -0.1) is 0 Å². The highest BCUT2D eigenvalue weighted by Gasteiger charge is 2.30. The predicted molar refractivity (Wildman–Crippen MR) is 165 cm³/mol. The van der Waals surface area contributed by atoms with Gasteiger partial charge in [-0.25, -0.2) is 9.97 Å². The first-order valence-corrected chi connectivity index (χ1v) is 14.8. The lowest BCUT2D eigenvalue weighted by atomic mass is 10.00. The van der Waals surface area contributed by atoms with Gasteiger partial charge in [-0.05, 0) is 67.1 Å². The van der Waals surface area contributed by atoms with Crippen molar-refractivity contribution in [1.82, 2.24) is 19.8 Å². The summed E-state index contributed by atoms with van der Waals surface area (Å²) in [6.45, 7) is 10.8. The van der Waals surface area contributed by atoms with E-state index in [0.717, 1.165) is 53.5 Å². The van der Waals surface area contributed by atoms with Gasteiger partial charge in [0.25, 0.3) is 0 Å². The molecule has 0 bridgehead atoms. The summed E-state index contributed by atoms with van der Waals surface area (Å²) >= 11 is 7.85. The average Bonchev–Trinajstić information content (AvgIpc) is 3.04. The Labute approximate surface area is 246 Å². The molecule has 208 valence electrons. The summed E-state index contributed by atoms with van der Waals surface area (Å²) in [6, 6.07) is 26.9. The van der Waals surface area contributed by atoms with E-state index in [9.17, 15) is 5.11 Å². The minimum Gasteiger partial charge on any atom is -0.388 e. The van der Waals surface area contributed by atoms with Gasteiger partial charge in [0.15, 0.2) is 0 Å². The van der Waals surface area contributed by atoms with Crippen LogP contribution in [0.5, 0.6) is 0 Å². The van der Waals surface area contributed by atoms with Crippen molar-refractivity contribution in [2.45, 2.75) is 44.4 Å². The molecule has 1 fully saturated rings. The number of anilines is 1. The van der Waals surface area contributed by atoms with E-state index < -0.39 is 5.60 Å². The second kappa shape index (κ2) is 12.7. The Morgan fingerprint density at radius 2 is 1.48 bits per heavy atom. The van der Waals surface area contributed by atoms with Gasteiger partial charge in [-0.3, -0.25) is 14.5 Å². The van der Waals surface area contributed by atoms with E-state index in [-0.39, 0.29) is 0 Å². The SMILES string of the molecule is Cc1cccc(C)c1-c1cc(Cl)nc(NSc2cccc(CN3CCN(Cc4ccccc4)CC(C)(O)C3)c2)n1. The predicted octanol–water partition coefficient (Wildman–Crippen LogP) is 6.60. The molecule has 1 aliphatic heterocycles. The van der Waals surface area contributed by atoms with Gasteiger partial charge < -0.3 is 5.11 Å². The molecular weight excluding hydrogens is 538 g/mol. The van der Waals surface area contributed by atoms with Crippen LogP contribution in [0.15, 0.2) is 83.8 Å². The summed E-state index contributed by atoms with van der Waals surface area (Å²) in [6.07, 6.45) is 0. The zero-order valence-electron chi connectivity index (χ0n) is 23.3. The maximum atomic E-state index is 11.2. The fourth-order valence-corrected chi connectivity index (χ4v) is 6.29. The van der Waals surface area contributed by atoms with Crippen LogP contribution >= 0.6 is 23.5 Å². The van der Waals surface area contributed by atoms with E-state index in [1.807, 2.05) is 25.1 Å². The van der Waals surface area contributed by atoms with Gasteiger partial charge in [0.1, 0.15) is 5.15 Å². The van der Waals surface area contributed by atoms with Crippen molar-refractivity contribution >= 4 is 29.5 Å². The fourth-order valence-electron chi connectivity index (χ4n) is 5.45. The Morgan fingerprint density at radius 3 is 2.17 bits per heavy atom. The molecule has 0 aliphatic carbocycles. The van der Waals surface area contributed by atoms with Crippen LogP contribution in [0, 0.1) is 13.8 Å². The molecule has 0 radical (unpaired) electrons. The summed E-state index contributed by atoms with van der Waals surface area (Å²) in [5.74, 6) is 0.475. The molecule has 0 amide bonds. The highest BCUT2D eigenvalue weighted by atomic mass is 35.5. The Bertz CT molecular complexity index is 1430. The first-order valence-electron chi connectivity index (χ1n) is 13.6. The molecule has 5 rings (SSSR count). The summed E-state index contributed by atoms with van der Waals surface area (Å²) in [7, 11) is 0. The van der Waals surface area contributed by atoms with Crippen LogP contribution in [0.1, 0.15) is 29.2 Å². The number of β-amino-alcohol motifs (C(OH)–C–C–N with tert-alkyl or cyclic N) is 1.